The third-order valence-electron chi connectivity index (χ3n) is 1.47. The van der Waals surface area contributed by atoms with Crippen molar-refractivity contribution in [1.29, 1.82) is 0 Å². The molecule has 0 amide bonds. The number of aromatic hydroxyl groups is 1. The lowest BCUT2D eigenvalue weighted by molar-refractivity contribution is 0.0512. The number of hydrogen-bond acceptors (Lipinski definition) is 3. The summed E-state index contributed by atoms with van der Waals surface area (Å²) in [5.74, 6) is -0.547. The molecule has 0 radical (unpaired) electrons. The lowest BCUT2D eigenvalue weighted by Gasteiger charge is -2.11. The first-order chi connectivity index (χ1) is 6.88. The Morgan fingerprint density at radius 1 is 1.27 bits per heavy atom. The Kier molecular flexibility index (Phi) is 4.08. The number of ether oxygens (including phenoxy) is 1. The van der Waals surface area contributed by atoms with Crippen LogP contribution in [0.25, 0.3) is 0 Å². The van der Waals surface area contributed by atoms with Crippen LogP contribution < -0.4 is 0 Å². The van der Waals surface area contributed by atoms with Crippen LogP contribution in [-0.2, 0) is 4.74 Å². The Bertz CT molecular complexity index is 343. The number of hydrogen-bond donors (Lipinski definition) is 1. The molecule has 0 saturated carbocycles. The molecule has 6 heteroatoms. The van der Waals surface area contributed by atoms with Crippen molar-refractivity contribution in [3.8, 4) is 5.75 Å². The van der Waals surface area contributed by atoms with Crippen molar-refractivity contribution in [3.05, 3.63) is 29.8 Å². The van der Waals surface area contributed by atoms with Gasteiger partial charge in [-0.25, -0.2) is 4.79 Å². The van der Waals surface area contributed by atoms with Gasteiger partial charge < -0.3 is 9.84 Å². The van der Waals surface area contributed by atoms with Gasteiger partial charge in [0, 0.05) is 0 Å². The van der Waals surface area contributed by atoms with Gasteiger partial charge in [-0.3, -0.25) is 0 Å². The minimum Gasteiger partial charge on any atom is -0.508 e. The molecule has 0 fully saturated rings. The minimum atomic E-state index is -1.62. The van der Waals surface area contributed by atoms with Crippen molar-refractivity contribution in [2.45, 2.75) is 3.79 Å². The van der Waals surface area contributed by atoms with E-state index in [1.54, 1.807) is 0 Å². The molecule has 0 aromatic heterocycles. The molecule has 0 heterocycles. The van der Waals surface area contributed by atoms with Crippen LogP contribution in [0.1, 0.15) is 10.4 Å². The van der Waals surface area contributed by atoms with E-state index < -0.39 is 9.76 Å². The monoisotopic (exact) mass is 268 g/mol. The first kappa shape index (κ1) is 12.4. The van der Waals surface area contributed by atoms with Crippen LogP contribution in [0.2, 0.25) is 0 Å². The summed E-state index contributed by atoms with van der Waals surface area (Å²) in [7, 11) is 0. The predicted molar refractivity (Wildman–Crippen MR) is 58.7 cm³/mol. The molecule has 0 spiro atoms. The van der Waals surface area contributed by atoms with Gasteiger partial charge in [-0.1, -0.05) is 34.8 Å². The Labute approximate surface area is 102 Å². The number of rotatable bonds is 2. The van der Waals surface area contributed by atoms with Crippen LogP contribution in [0.4, 0.5) is 0 Å². The second-order valence-corrected chi connectivity index (χ2v) is 5.25. The third-order valence-corrected chi connectivity index (χ3v) is 1.80. The van der Waals surface area contributed by atoms with Crippen molar-refractivity contribution in [2.24, 2.45) is 0 Å². The highest BCUT2D eigenvalue weighted by Gasteiger charge is 2.22. The second-order valence-electron chi connectivity index (χ2n) is 2.74. The highest BCUT2D eigenvalue weighted by molar-refractivity contribution is 6.67. The summed E-state index contributed by atoms with van der Waals surface area (Å²) in [5, 5.41) is 8.98. The molecule has 82 valence electrons. The van der Waals surface area contributed by atoms with E-state index in [0.29, 0.717) is 0 Å². The quantitative estimate of drug-likeness (QED) is 0.663. The number of phenols is 1. The van der Waals surface area contributed by atoms with Gasteiger partial charge in [-0.15, -0.1) is 0 Å². The maximum Gasteiger partial charge on any atom is 0.338 e. The Morgan fingerprint density at radius 2 is 1.80 bits per heavy atom. The molecule has 0 saturated heterocycles. The smallest absolute Gasteiger partial charge is 0.338 e. The Morgan fingerprint density at radius 3 is 2.27 bits per heavy atom. The lowest BCUT2D eigenvalue weighted by atomic mass is 10.2. The van der Waals surface area contributed by atoms with Gasteiger partial charge >= 0.3 is 5.97 Å². The summed E-state index contributed by atoms with van der Waals surface area (Å²) in [6.45, 7) is -0.322. The molecule has 0 aliphatic rings. The third kappa shape index (κ3) is 4.60. The number of carbonyl (C=O) groups is 1. The van der Waals surface area contributed by atoms with Crippen molar-refractivity contribution < 1.29 is 14.6 Å². The minimum absolute atomic E-state index is 0.0629. The molecule has 1 aromatic carbocycles. The van der Waals surface area contributed by atoms with E-state index in [0.717, 1.165) is 0 Å². The predicted octanol–water partition coefficient (Wildman–Crippen LogP) is 2.92. The fourth-order valence-electron chi connectivity index (χ4n) is 0.828. The number of alkyl halides is 3. The number of halogens is 3. The molecule has 0 unspecified atom stereocenters. The zero-order valence-electron chi connectivity index (χ0n) is 7.41. The summed E-state index contributed by atoms with van der Waals surface area (Å²) in [6.07, 6.45) is 0. The van der Waals surface area contributed by atoms with E-state index in [1.165, 1.54) is 24.3 Å². The molecule has 1 rings (SSSR count). The average molecular weight is 270 g/mol. The van der Waals surface area contributed by atoms with Crippen LogP contribution in [0.15, 0.2) is 24.3 Å². The maximum absolute atomic E-state index is 11.3. The van der Waals surface area contributed by atoms with Crippen molar-refractivity contribution in [2.75, 3.05) is 6.61 Å². The topological polar surface area (TPSA) is 46.5 Å². The number of phenolic OH excluding ortho intramolecular Hbond substituents is 1. The molecular formula is C9H7Cl3O3. The van der Waals surface area contributed by atoms with Crippen LogP contribution in [0, 0.1) is 0 Å². The highest BCUT2D eigenvalue weighted by Crippen LogP contribution is 2.26. The Balaban J connectivity index is 2.58. The zero-order chi connectivity index (χ0) is 11.5. The van der Waals surface area contributed by atoms with Gasteiger partial charge in [0.05, 0.1) is 5.56 Å². The van der Waals surface area contributed by atoms with E-state index in [1.807, 2.05) is 0 Å². The number of esters is 1. The molecule has 0 aliphatic heterocycles. The number of carbonyl (C=O) groups excluding carboxylic acids is 1. The molecule has 1 aromatic rings. The first-order valence-corrected chi connectivity index (χ1v) is 5.05. The van der Waals surface area contributed by atoms with Gasteiger partial charge in [-0.05, 0) is 24.3 Å². The van der Waals surface area contributed by atoms with Crippen molar-refractivity contribution in [3.63, 3.8) is 0 Å². The molecular weight excluding hydrogens is 262 g/mol. The van der Waals surface area contributed by atoms with Crippen molar-refractivity contribution >= 4 is 40.8 Å². The van der Waals surface area contributed by atoms with Crippen molar-refractivity contribution in [1.82, 2.24) is 0 Å². The summed E-state index contributed by atoms with van der Waals surface area (Å²) < 4.78 is 3.10. The lowest BCUT2D eigenvalue weighted by Crippen LogP contribution is -2.17. The summed E-state index contributed by atoms with van der Waals surface area (Å²) in [6, 6.07) is 5.56. The van der Waals surface area contributed by atoms with Crippen LogP contribution >= 0.6 is 34.8 Å². The normalized spacial score (nSPS) is 11.1. The zero-order valence-corrected chi connectivity index (χ0v) is 9.68. The summed E-state index contributed by atoms with van der Waals surface area (Å²) in [4.78, 5) is 11.3. The largest absolute Gasteiger partial charge is 0.508 e. The Hall–Kier alpha value is -0.640. The maximum atomic E-state index is 11.3. The molecule has 1 N–H and O–H groups in total. The van der Waals surface area contributed by atoms with Gasteiger partial charge in [0.15, 0.2) is 0 Å². The van der Waals surface area contributed by atoms with Crippen LogP contribution in [-0.4, -0.2) is 21.5 Å². The summed E-state index contributed by atoms with van der Waals surface area (Å²) in [5.41, 5.74) is 0.280. The number of benzene rings is 1. The first-order valence-electron chi connectivity index (χ1n) is 3.91. The van der Waals surface area contributed by atoms with E-state index in [-0.39, 0.29) is 17.9 Å². The SMILES string of the molecule is O=C(OCC(Cl)(Cl)Cl)c1ccc(O)cc1. The van der Waals surface area contributed by atoms with E-state index in [2.05, 4.69) is 0 Å². The van der Waals surface area contributed by atoms with E-state index in [9.17, 15) is 4.79 Å². The van der Waals surface area contributed by atoms with Gasteiger partial charge in [-0.2, -0.15) is 0 Å². The van der Waals surface area contributed by atoms with E-state index >= 15 is 0 Å². The second kappa shape index (κ2) is 4.92. The molecule has 0 aliphatic carbocycles. The summed E-state index contributed by atoms with van der Waals surface area (Å²) >= 11 is 16.2. The fraction of sp³-hybridized carbons (Fsp3) is 0.222. The van der Waals surface area contributed by atoms with E-state index in [4.69, 9.17) is 44.6 Å². The van der Waals surface area contributed by atoms with Gasteiger partial charge in [0.1, 0.15) is 12.4 Å². The van der Waals surface area contributed by atoms with Crippen LogP contribution in [0.3, 0.4) is 0 Å². The molecule has 0 atom stereocenters. The van der Waals surface area contributed by atoms with Crippen LogP contribution in [0.5, 0.6) is 5.75 Å². The highest BCUT2D eigenvalue weighted by atomic mass is 35.6. The molecule has 0 bridgehead atoms. The standard InChI is InChI=1S/C9H7Cl3O3/c10-9(11,12)5-15-8(14)6-1-3-7(13)4-2-6/h1-4,13H,5H2. The van der Waals surface area contributed by atoms with Gasteiger partial charge in [0.25, 0.3) is 0 Å². The average Bonchev–Trinajstić information content (AvgIpc) is 2.14. The fourth-order valence-corrected chi connectivity index (χ4v) is 0.992. The molecule has 3 nitrogen and oxygen atoms in total. The van der Waals surface area contributed by atoms with Gasteiger partial charge in [0.2, 0.25) is 3.79 Å². The molecule has 15 heavy (non-hydrogen) atoms.